The molecule has 4 saturated carbocycles. The highest BCUT2D eigenvalue weighted by atomic mass is 16.5. The molecule has 4 aliphatic carbocycles. The molecule has 1 aromatic rings. The van der Waals surface area contributed by atoms with E-state index in [-0.39, 0.29) is 0 Å². The van der Waals surface area contributed by atoms with Crippen molar-refractivity contribution >= 4 is 0 Å². The topological polar surface area (TPSA) is 50.8 Å². The lowest BCUT2D eigenvalue weighted by Gasteiger charge is -2.57. The number of fused-ring (bicyclic) bond motifs is 5. The number of hydrogen-bond acceptors (Lipinski definition) is 3. The Hall–Kier alpha value is -1.34. The van der Waals surface area contributed by atoms with Crippen LogP contribution in [0.5, 0.6) is 0 Å². The zero-order chi connectivity index (χ0) is 21.6. The van der Waals surface area contributed by atoms with Crippen LogP contribution in [0.4, 0.5) is 0 Å². The van der Waals surface area contributed by atoms with Gasteiger partial charge in [-0.1, -0.05) is 13.8 Å². The lowest BCUT2D eigenvalue weighted by Crippen LogP contribution is -2.49. The predicted molar refractivity (Wildman–Crippen MR) is 122 cm³/mol. The summed E-state index contributed by atoms with van der Waals surface area (Å²) in [5.74, 6) is 7.12. The first-order chi connectivity index (χ1) is 15.0. The number of rotatable bonds is 5. The van der Waals surface area contributed by atoms with E-state index in [1.165, 1.54) is 57.8 Å². The van der Waals surface area contributed by atoms with Crippen LogP contribution in [0.1, 0.15) is 77.2 Å². The molecule has 5 rings (SSSR count). The molecule has 1 unspecified atom stereocenters. The minimum Gasteiger partial charge on any atom is -0.384 e. The molecule has 0 radical (unpaired) electrons. The van der Waals surface area contributed by atoms with Crippen molar-refractivity contribution in [2.45, 2.75) is 78.2 Å². The Balaban J connectivity index is 1.27. The molecule has 31 heavy (non-hydrogen) atoms. The van der Waals surface area contributed by atoms with Gasteiger partial charge in [0.2, 0.25) is 0 Å². The average molecular weight is 424 g/mol. The second-order valence-electron chi connectivity index (χ2n) is 11.8. The number of nitrogens with zero attached hydrogens (tertiary/aromatic N) is 3. The summed E-state index contributed by atoms with van der Waals surface area (Å²) in [5.41, 5.74) is 1.19. The molecule has 0 aromatic carbocycles. The summed E-state index contributed by atoms with van der Waals surface area (Å²) in [6, 6.07) is 2.22. The van der Waals surface area contributed by atoms with Gasteiger partial charge in [-0.3, -0.25) is 4.68 Å². The molecule has 1 aromatic heterocycles. The molecule has 9 atom stereocenters. The second kappa shape index (κ2) is 8.54. The van der Waals surface area contributed by atoms with E-state index in [0.29, 0.717) is 16.9 Å². The fraction of sp³-hybridized carbons (Fsp3) is 0.852. The van der Waals surface area contributed by atoms with Gasteiger partial charge in [0, 0.05) is 26.5 Å². The summed E-state index contributed by atoms with van der Waals surface area (Å²) < 4.78 is 7.51. The summed E-state index contributed by atoms with van der Waals surface area (Å²) in [7, 11) is 1.87. The van der Waals surface area contributed by atoms with Gasteiger partial charge >= 0.3 is 0 Å². The Bertz CT molecular complexity index is 812. The van der Waals surface area contributed by atoms with Crippen molar-refractivity contribution in [2.75, 3.05) is 13.7 Å². The van der Waals surface area contributed by atoms with Crippen molar-refractivity contribution in [1.29, 1.82) is 5.26 Å². The molecular formula is C27H41N3O. The van der Waals surface area contributed by atoms with Crippen LogP contribution >= 0.6 is 0 Å². The molecule has 4 nitrogen and oxygen atoms in total. The van der Waals surface area contributed by atoms with E-state index in [1.54, 1.807) is 6.20 Å². The summed E-state index contributed by atoms with van der Waals surface area (Å²) in [5, 5.41) is 13.6. The van der Waals surface area contributed by atoms with Crippen molar-refractivity contribution in [1.82, 2.24) is 9.78 Å². The van der Waals surface area contributed by atoms with Crippen LogP contribution in [-0.2, 0) is 11.3 Å². The van der Waals surface area contributed by atoms with E-state index >= 15 is 0 Å². The van der Waals surface area contributed by atoms with Gasteiger partial charge < -0.3 is 4.74 Å². The molecule has 0 aliphatic heterocycles. The van der Waals surface area contributed by atoms with Gasteiger partial charge in [-0.2, -0.15) is 10.4 Å². The van der Waals surface area contributed by atoms with Crippen LogP contribution in [0, 0.1) is 64.1 Å². The molecule has 0 amide bonds. The van der Waals surface area contributed by atoms with Crippen molar-refractivity contribution in [2.24, 2.45) is 52.8 Å². The normalized spacial score (nSPS) is 42.8. The lowest BCUT2D eigenvalue weighted by atomic mass is 9.49. The van der Waals surface area contributed by atoms with E-state index in [2.05, 4.69) is 25.0 Å². The number of methoxy groups -OCH3 is 1. The first-order valence-electron chi connectivity index (χ1n) is 12.9. The minimum atomic E-state index is 0.506. The largest absolute Gasteiger partial charge is 0.384 e. The molecule has 170 valence electrons. The lowest BCUT2D eigenvalue weighted by molar-refractivity contribution is -0.0777. The van der Waals surface area contributed by atoms with E-state index in [4.69, 9.17) is 10.00 Å². The molecule has 0 saturated heterocycles. The van der Waals surface area contributed by atoms with E-state index in [1.807, 2.05) is 18.0 Å². The molecular weight excluding hydrogens is 382 g/mol. The maximum Gasteiger partial charge on any atom is 0.102 e. The van der Waals surface area contributed by atoms with Gasteiger partial charge in [-0.15, -0.1) is 0 Å². The highest BCUT2D eigenvalue weighted by Crippen LogP contribution is 2.65. The van der Waals surface area contributed by atoms with E-state index < -0.39 is 0 Å². The third-order valence-electron chi connectivity index (χ3n) is 10.5. The molecule has 4 heteroatoms. The summed E-state index contributed by atoms with van der Waals surface area (Å²) in [6.07, 6.45) is 16.6. The standard InChI is InChI=1S/C27H41N3O/c1-18(15-30-16-20(13-28)14-29-30)25-8-9-26-24-7-5-21-12-19(17-31-3)4-6-22(21)23(24)10-11-27(25,26)2/h14,16,18-19,21-26H,4-12,15,17H2,1-3H3/t18-,19+,21+,22+,23-,24-,25?,26+,27-/m1/s1. The van der Waals surface area contributed by atoms with Crippen LogP contribution in [0.2, 0.25) is 0 Å². The molecule has 0 bridgehead atoms. The maximum atomic E-state index is 9.12. The molecule has 4 aliphatic rings. The fourth-order valence-electron chi connectivity index (χ4n) is 9.26. The Morgan fingerprint density at radius 2 is 2.00 bits per heavy atom. The van der Waals surface area contributed by atoms with Crippen molar-refractivity contribution < 1.29 is 4.74 Å². The van der Waals surface area contributed by atoms with Gasteiger partial charge in [0.15, 0.2) is 0 Å². The van der Waals surface area contributed by atoms with Crippen LogP contribution in [-0.4, -0.2) is 23.5 Å². The fourth-order valence-corrected chi connectivity index (χ4v) is 9.26. The highest BCUT2D eigenvalue weighted by molar-refractivity contribution is 5.21. The van der Waals surface area contributed by atoms with Gasteiger partial charge in [0.25, 0.3) is 0 Å². The van der Waals surface area contributed by atoms with Crippen LogP contribution in [0.3, 0.4) is 0 Å². The third-order valence-corrected chi connectivity index (χ3v) is 10.5. The summed E-state index contributed by atoms with van der Waals surface area (Å²) in [6.45, 7) is 7.01. The smallest absolute Gasteiger partial charge is 0.102 e. The quantitative estimate of drug-likeness (QED) is 0.590. The van der Waals surface area contributed by atoms with Crippen LogP contribution in [0.15, 0.2) is 12.4 Å². The Kier molecular flexibility index (Phi) is 5.93. The van der Waals surface area contributed by atoms with Gasteiger partial charge in [0.1, 0.15) is 6.07 Å². The maximum absolute atomic E-state index is 9.12. The van der Waals surface area contributed by atoms with E-state index in [0.717, 1.165) is 54.6 Å². The van der Waals surface area contributed by atoms with Crippen molar-refractivity contribution in [3.05, 3.63) is 18.0 Å². The Morgan fingerprint density at radius 1 is 1.16 bits per heavy atom. The van der Waals surface area contributed by atoms with Crippen LogP contribution < -0.4 is 0 Å². The van der Waals surface area contributed by atoms with Crippen LogP contribution in [0.25, 0.3) is 0 Å². The summed E-state index contributed by atoms with van der Waals surface area (Å²) in [4.78, 5) is 0. The predicted octanol–water partition coefficient (Wildman–Crippen LogP) is 5.92. The number of ether oxygens (including phenoxy) is 1. The number of aromatic nitrogens is 2. The monoisotopic (exact) mass is 423 g/mol. The first-order valence-corrected chi connectivity index (χ1v) is 12.9. The average Bonchev–Trinajstić information content (AvgIpc) is 3.37. The highest BCUT2D eigenvalue weighted by Gasteiger charge is 2.57. The van der Waals surface area contributed by atoms with E-state index in [9.17, 15) is 0 Å². The third kappa shape index (κ3) is 3.75. The zero-order valence-corrected chi connectivity index (χ0v) is 19.8. The van der Waals surface area contributed by atoms with Gasteiger partial charge in [0.05, 0.1) is 11.8 Å². The number of nitriles is 1. The minimum absolute atomic E-state index is 0.506. The second-order valence-corrected chi connectivity index (χ2v) is 11.8. The Morgan fingerprint density at radius 3 is 2.77 bits per heavy atom. The molecule has 1 heterocycles. The molecule has 0 N–H and O–H groups in total. The van der Waals surface area contributed by atoms with Gasteiger partial charge in [-0.25, -0.2) is 0 Å². The Labute approximate surface area is 188 Å². The zero-order valence-electron chi connectivity index (χ0n) is 19.8. The number of hydrogen-bond donors (Lipinski definition) is 0. The molecule has 0 spiro atoms. The first kappa shape index (κ1) is 21.5. The summed E-state index contributed by atoms with van der Waals surface area (Å²) >= 11 is 0. The van der Waals surface area contributed by atoms with Crippen molar-refractivity contribution in [3.8, 4) is 6.07 Å². The van der Waals surface area contributed by atoms with Crippen molar-refractivity contribution in [3.63, 3.8) is 0 Å². The SMILES string of the molecule is COC[C@H]1CC[C@H]2[C@@H](CC[C@@H]3[C@@H]2CC[C@]2(C)C([C@H](C)Cn4cc(C#N)cn4)CC[C@@H]32)C1. The molecule has 4 fully saturated rings. The van der Waals surface area contributed by atoms with Gasteiger partial charge in [-0.05, 0) is 111 Å².